The SMILES string of the molecule is CCCC(N)C(=O)Nc1ncc(Cc2ccccc2)s1.Cl. The highest BCUT2D eigenvalue weighted by atomic mass is 35.5. The molecule has 3 N–H and O–H groups in total. The van der Waals surface area contributed by atoms with Crippen molar-refractivity contribution in [3.8, 4) is 0 Å². The van der Waals surface area contributed by atoms with Gasteiger partial charge in [-0.25, -0.2) is 4.98 Å². The van der Waals surface area contributed by atoms with E-state index in [2.05, 4.69) is 22.4 Å². The smallest absolute Gasteiger partial charge is 0.243 e. The normalized spacial score (nSPS) is 11.5. The van der Waals surface area contributed by atoms with Gasteiger partial charge in [-0.05, 0) is 12.0 Å². The summed E-state index contributed by atoms with van der Waals surface area (Å²) in [6, 6.07) is 9.73. The lowest BCUT2D eigenvalue weighted by atomic mass is 10.1. The minimum Gasteiger partial charge on any atom is -0.320 e. The fraction of sp³-hybridized carbons (Fsp3) is 0.333. The monoisotopic (exact) mass is 325 g/mol. The van der Waals surface area contributed by atoms with E-state index >= 15 is 0 Å². The summed E-state index contributed by atoms with van der Waals surface area (Å²) in [6.45, 7) is 2.01. The maximum atomic E-state index is 11.8. The molecule has 1 unspecified atom stereocenters. The highest BCUT2D eigenvalue weighted by Gasteiger charge is 2.14. The molecule has 0 spiro atoms. The molecule has 1 atom stereocenters. The molecule has 0 aliphatic heterocycles. The molecule has 0 fully saturated rings. The Bertz CT molecular complexity index is 559. The number of benzene rings is 1. The van der Waals surface area contributed by atoms with E-state index in [1.807, 2.05) is 25.1 Å². The van der Waals surface area contributed by atoms with Crippen LogP contribution in [0.3, 0.4) is 0 Å². The average Bonchev–Trinajstić information content (AvgIpc) is 2.87. The summed E-state index contributed by atoms with van der Waals surface area (Å²) in [5.41, 5.74) is 7.00. The third-order valence-electron chi connectivity index (χ3n) is 2.94. The third kappa shape index (κ3) is 5.46. The first-order valence-electron chi connectivity index (χ1n) is 6.74. The Hall–Kier alpha value is -1.43. The van der Waals surface area contributed by atoms with E-state index in [1.54, 1.807) is 6.20 Å². The number of halogens is 1. The Balaban J connectivity index is 0.00000220. The molecule has 2 rings (SSSR count). The summed E-state index contributed by atoms with van der Waals surface area (Å²) in [7, 11) is 0. The van der Waals surface area contributed by atoms with Crippen LogP contribution in [0.1, 0.15) is 30.2 Å². The number of thiazole rings is 1. The van der Waals surface area contributed by atoms with Gasteiger partial charge in [0.15, 0.2) is 5.13 Å². The molecule has 2 aromatic rings. The zero-order valence-electron chi connectivity index (χ0n) is 11.9. The quantitative estimate of drug-likeness (QED) is 0.856. The minimum absolute atomic E-state index is 0. The number of rotatable bonds is 6. The number of nitrogens with one attached hydrogen (secondary N) is 1. The van der Waals surface area contributed by atoms with Crippen LogP contribution < -0.4 is 11.1 Å². The number of anilines is 1. The fourth-order valence-electron chi connectivity index (χ4n) is 1.88. The first-order valence-corrected chi connectivity index (χ1v) is 7.55. The Kier molecular flexibility index (Phi) is 7.36. The molecule has 0 bridgehead atoms. The highest BCUT2D eigenvalue weighted by Crippen LogP contribution is 2.21. The molecule has 0 radical (unpaired) electrons. The average molecular weight is 326 g/mol. The van der Waals surface area contributed by atoms with Gasteiger partial charge < -0.3 is 11.1 Å². The van der Waals surface area contributed by atoms with Crippen LogP contribution in [-0.4, -0.2) is 16.9 Å². The molecule has 1 aromatic carbocycles. The van der Waals surface area contributed by atoms with E-state index in [0.717, 1.165) is 17.7 Å². The van der Waals surface area contributed by atoms with Gasteiger partial charge in [0.25, 0.3) is 0 Å². The van der Waals surface area contributed by atoms with Crippen LogP contribution in [0.25, 0.3) is 0 Å². The van der Waals surface area contributed by atoms with Gasteiger partial charge in [-0.1, -0.05) is 43.7 Å². The van der Waals surface area contributed by atoms with Gasteiger partial charge in [0, 0.05) is 17.5 Å². The Morgan fingerprint density at radius 1 is 1.38 bits per heavy atom. The lowest BCUT2D eigenvalue weighted by Gasteiger charge is -2.08. The van der Waals surface area contributed by atoms with E-state index in [9.17, 15) is 4.79 Å². The number of nitrogens with two attached hydrogens (primary N) is 1. The number of hydrogen-bond acceptors (Lipinski definition) is 4. The van der Waals surface area contributed by atoms with Crippen molar-refractivity contribution in [1.82, 2.24) is 4.98 Å². The molecular weight excluding hydrogens is 306 g/mol. The van der Waals surface area contributed by atoms with Gasteiger partial charge in [0.2, 0.25) is 5.91 Å². The molecule has 0 saturated carbocycles. The molecule has 0 aliphatic carbocycles. The number of nitrogens with zero attached hydrogens (tertiary/aromatic N) is 1. The van der Waals surface area contributed by atoms with Gasteiger partial charge in [-0.15, -0.1) is 23.7 Å². The molecule has 4 nitrogen and oxygen atoms in total. The maximum absolute atomic E-state index is 11.8. The van der Waals surface area contributed by atoms with Crippen molar-refractivity contribution in [1.29, 1.82) is 0 Å². The van der Waals surface area contributed by atoms with Gasteiger partial charge in [-0.3, -0.25) is 4.79 Å². The predicted molar refractivity (Wildman–Crippen MR) is 90.1 cm³/mol. The van der Waals surface area contributed by atoms with Crippen LogP contribution in [-0.2, 0) is 11.2 Å². The predicted octanol–water partition coefficient (Wildman–Crippen LogP) is 3.22. The van der Waals surface area contributed by atoms with Crippen molar-refractivity contribution in [2.24, 2.45) is 5.73 Å². The second kappa shape index (κ2) is 8.77. The molecule has 114 valence electrons. The highest BCUT2D eigenvalue weighted by molar-refractivity contribution is 7.15. The molecule has 1 amide bonds. The standard InChI is InChI=1S/C15H19N3OS.ClH/c1-2-6-13(16)14(19)18-15-17-10-12(20-15)9-11-7-4-3-5-8-11;/h3-5,7-8,10,13H,2,6,9,16H2,1H3,(H,17,18,19);1H. The van der Waals surface area contributed by atoms with Gasteiger partial charge >= 0.3 is 0 Å². The number of amides is 1. The molecular formula is C15H20ClN3OS. The zero-order valence-corrected chi connectivity index (χ0v) is 13.5. The van der Waals surface area contributed by atoms with Crippen molar-refractivity contribution >= 4 is 34.8 Å². The lowest BCUT2D eigenvalue weighted by molar-refractivity contribution is -0.117. The Morgan fingerprint density at radius 3 is 2.76 bits per heavy atom. The van der Waals surface area contributed by atoms with Crippen LogP contribution in [0.15, 0.2) is 36.5 Å². The first-order chi connectivity index (χ1) is 9.69. The van der Waals surface area contributed by atoms with Crippen molar-refractivity contribution in [2.75, 3.05) is 5.32 Å². The molecule has 6 heteroatoms. The number of hydrogen-bond donors (Lipinski definition) is 2. The van der Waals surface area contributed by atoms with Crippen LogP contribution in [0.2, 0.25) is 0 Å². The molecule has 0 saturated heterocycles. The van der Waals surface area contributed by atoms with E-state index in [-0.39, 0.29) is 18.3 Å². The van der Waals surface area contributed by atoms with Crippen molar-refractivity contribution in [3.05, 3.63) is 47.0 Å². The summed E-state index contributed by atoms with van der Waals surface area (Å²) < 4.78 is 0. The van der Waals surface area contributed by atoms with Crippen LogP contribution >= 0.6 is 23.7 Å². The lowest BCUT2D eigenvalue weighted by Crippen LogP contribution is -2.35. The van der Waals surface area contributed by atoms with Gasteiger partial charge in [0.1, 0.15) is 0 Å². The minimum atomic E-state index is -0.457. The van der Waals surface area contributed by atoms with Crippen molar-refractivity contribution < 1.29 is 4.79 Å². The van der Waals surface area contributed by atoms with E-state index in [4.69, 9.17) is 5.73 Å². The molecule has 0 aliphatic rings. The summed E-state index contributed by atoms with van der Waals surface area (Å²) >= 11 is 1.49. The summed E-state index contributed by atoms with van der Waals surface area (Å²) in [4.78, 5) is 17.1. The second-order valence-corrected chi connectivity index (χ2v) is 5.79. The topological polar surface area (TPSA) is 68.0 Å². The maximum Gasteiger partial charge on any atom is 0.243 e. The van der Waals surface area contributed by atoms with E-state index in [0.29, 0.717) is 11.6 Å². The third-order valence-corrected chi connectivity index (χ3v) is 3.85. The summed E-state index contributed by atoms with van der Waals surface area (Å²) in [6.07, 6.45) is 4.22. The van der Waals surface area contributed by atoms with Crippen LogP contribution in [0.5, 0.6) is 0 Å². The van der Waals surface area contributed by atoms with Gasteiger partial charge in [0.05, 0.1) is 6.04 Å². The molecule has 21 heavy (non-hydrogen) atoms. The van der Waals surface area contributed by atoms with E-state index < -0.39 is 6.04 Å². The largest absolute Gasteiger partial charge is 0.320 e. The Morgan fingerprint density at radius 2 is 2.10 bits per heavy atom. The summed E-state index contributed by atoms with van der Waals surface area (Å²) in [5.74, 6) is -0.160. The van der Waals surface area contributed by atoms with Crippen molar-refractivity contribution in [2.45, 2.75) is 32.2 Å². The van der Waals surface area contributed by atoms with E-state index in [1.165, 1.54) is 16.9 Å². The molecule has 1 heterocycles. The molecule has 1 aromatic heterocycles. The Labute approximate surface area is 135 Å². The number of aromatic nitrogens is 1. The van der Waals surface area contributed by atoms with Crippen LogP contribution in [0.4, 0.5) is 5.13 Å². The van der Waals surface area contributed by atoms with Crippen LogP contribution in [0, 0.1) is 0 Å². The second-order valence-electron chi connectivity index (χ2n) is 4.68. The van der Waals surface area contributed by atoms with Gasteiger partial charge in [-0.2, -0.15) is 0 Å². The fourth-order valence-corrected chi connectivity index (χ4v) is 2.73. The summed E-state index contributed by atoms with van der Waals surface area (Å²) in [5, 5.41) is 3.39. The number of carbonyl (C=O) groups is 1. The number of carbonyl (C=O) groups excluding carboxylic acids is 1. The first kappa shape index (κ1) is 17.6. The van der Waals surface area contributed by atoms with Crippen molar-refractivity contribution in [3.63, 3.8) is 0 Å². The zero-order chi connectivity index (χ0) is 14.4.